The fourth-order valence-corrected chi connectivity index (χ4v) is 4.07. The lowest BCUT2D eigenvalue weighted by Crippen LogP contribution is -2.54. The van der Waals surface area contributed by atoms with Crippen molar-refractivity contribution in [2.45, 2.75) is 30.7 Å². The summed E-state index contributed by atoms with van der Waals surface area (Å²) in [6.07, 6.45) is -1.88. The van der Waals surface area contributed by atoms with E-state index in [-0.39, 0.29) is 18.9 Å². The maximum atomic E-state index is 13.7. The van der Waals surface area contributed by atoms with Crippen LogP contribution in [0.4, 0.5) is 13.6 Å². The van der Waals surface area contributed by atoms with Gasteiger partial charge >= 0.3 is 12.1 Å². The fraction of sp³-hybridized carbons (Fsp3) is 0.333. The number of benzene rings is 2. The highest BCUT2D eigenvalue weighted by molar-refractivity contribution is 5.81. The van der Waals surface area contributed by atoms with Gasteiger partial charge in [-0.25, -0.2) is 18.4 Å². The van der Waals surface area contributed by atoms with Gasteiger partial charge in [0, 0.05) is 12.3 Å². The highest BCUT2D eigenvalue weighted by Crippen LogP contribution is 2.44. The molecule has 0 radical (unpaired) electrons. The Morgan fingerprint density at radius 3 is 2.21 bits per heavy atom. The largest absolute Gasteiger partial charge is 0.480 e. The molecule has 0 bridgehead atoms. The van der Waals surface area contributed by atoms with E-state index in [9.17, 15) is 23.5 Å². The second-order valence-corrected chi connectivity index (χ2v) is 7.18. The van der Waals surface area contributed by atoms with Crippen molar-refractivity contribution >= 4 is 12.1 Å². The maximum absolute atomic E-state index is 13.7. The maximum Gasteiger partial charge on any atom is 0.410 e. The molecule has 1 aliphatic heterocycles. The average Bonchev–Trinajstić information content (AvgIpc) is 2.99. The van der Waals surface area contributed by atoms with Crippen LogP contribution < -0.4 is 0 Å². The summed E-state index contributed by atoms with van der Waals surface area (Å²) in [5.74, 6) is -4.63. The number of hydrogen-bond acceptors (Lipinski definition) is 3. The summed E-state index contributed by atoms with van der Waals surface area (Å²) in [6, 6.07) is 14.2. The summed E-state index contributed by atoms with van der Waals surface area (Å²) in [4.78, 5) is 24.5. The fourth-order valence-electron chi connectivity index (χ4n) is 4.07. The lowest BCUT2D eigenvalue weighted by atomic mass is 9.98. The number of halogens is 2. The molecule has 0 aromatic heterocycles. The molecular weight excluding hydrogens is 368 g/mol. The summed E-state index contributed by atoms with van der Waals surface area (Å²) in [5.41, 5.74) is 4.09. The number of aliphatic carboxylic acids is 1. The zero-order chi connectivity index (χ0) is 19.9. The van der Waals surface area contributed by atoms with Crippen LogP contribution in [0.3, 0.4) is 0 Å². The highest BCUT2D eigenvalue weighted by atomic mass is 19.3. The number of piperidine rings is 1. The van der Waals surface area contributed by atoms with E-state index in [4.69, 9.17) is 4.74 Å². The molecule has 146 valence electrons. The second-order valence-electron chi connectivity index (χ2n) is 7.18. The van der Waals surface area contributed by atoms with Crippen LogP contribution in [0.15, 0.2) is 48.5 Å². The lowest BCUT2D eigenvalue weighted by molar-refractivity contribution is -0.150. The van der Waals surface area contributed by atoms with Gasteiger partial charge in [-0.1, -0.05) is 48.5 Å². The Morgan fingerprint density at radius 1 is 1.07 bits per heavy atom. The van der Waals surface area contributed by atoms with Crippen molar-refractivity contribution in [1.82, 2.24) is 4.90 Å². The first-order chi connectivity index (χ1) is 13.4. The Bertz CT molecular complexity index is 885. The van der Waals surface area contributed by atoms with Gasteiger partial charge in [0.15, 0.2) is 0 Å². The number of rotatable bonds is 3. The summed E-state index contributed by atoms with van der Waals surface area (Å²) in [6.45, 7) is -0.984. The van der Waals surface area contributed by atoms with Crippen molar-refractivity contribution in [2.24, 2.45) is 0 Å². The average molecular weight is 387 g/mol. The number of alkyl halides is 2. The van der Waals surface area contributed by atoms with Crippen molar-refractivity contribution in [2.75, 3.05) is 13.2 Å². The summed E-state index contributed by atoms with van der Waals surface area (Å²) >= 11 is 0. The van der Waals surface area contributed by atoms with Crippen LogP contribution in [0.25, 0.3) is 11.1 Å². The van der Waals surface area contributed by atoms with Crippen LogP contribution in [0.1, 0.15) is 29.9 Å². The van der Waals surface area contributed by atoms with E-state index < -0.39 is 37.0 Å². The SMILES string of the molecule is O=C(O)C1CCC(F)(F)CN1C(=O)OCC1c2ccccc2-c2ccccc21. The Balaban J connectivity index is 1.54. The molecular formula is C21H19F2NO4. The van der Waals surface area contributed by atoms with Crippen LogP contribution in [0.5, 0.6) is 0 Å². The Hall–Kier alpha value is -2.96. The summed E-state index contributed by atoms with van der Waals surface area (Å²) in [7, 11) is 0. The molecule has 2 aromatic rings. The van der Waals surface area contributed by atoms with Gasteiger partial charge < -0.3 is 9.84 Å². The summed E-state index contributed by atoms with van der Waals surface area (Å²) < 4.78 is 32.8. The van der Waals surface area contributed by atoms with Crippen LogP contribution in [0, 0.1) is 0 Å². The zero-order valence-corrected chi connectivity index (χ0v) is 15.0. The lowest BCUT2D eigenvalue weighted by Gasteiger charge is -2.36. The number of carbonyl (C=O) groups is 2. The number of carboxylic acids is 1. The van der Waals surface area contributed by atoms with E-state index in [1.807, 2.05) is 48.5 Å². The van der Waals surface area contributed by atoms with Gasteiger partial charge in [-0.05, 0) is 28.7 Å². The number of fused-ring (bicyclic) bond motifs is 3. The minimum absolute atomic E-state index is 0.0404. The van der Waals surface area contributed by atoms with E-state index in [1.165, 1.54) is 0 Å². The topological polar surface area (TPSA) is 66.8 Å². The number of amides is 1. The van der Waals surface area contributed by atoms with Crippen molar-refractivity contribution in [1.29, 1.82) is 0 Å². The molecule has 2 aliphatic rings. The number of ether oxygens (including phenoxy) is 1. The molecule has 1 saturated heterocycles. The molecule has 0 spiro atoms. The third kappa shape index (κ3) is 3.21. The second kappa shape index (κ2) is 6.89. The zero-order valence-electron chi connectivity index (χ0n) is 15.0. The van der Waals surface area contributed by atoms with E-state index >= 15 is 0 Å². The molecule has 7 heteroatoms. The molecule has 1 amide bonds. The molecule has 4 rings (SSSR count). The molecule has 1 N–H and O–H groups in total. The first kappa shape index (κ1) is 18.4. The van der Waals surface area contributed by atoms with Crippen LogP contribution >= 0.6 is 0 Å². The molecule has 0 saturated carbocycles. The van der Waals surface area contributed by atoms with Crippen LogP contribution in [0.2, 0.25) is 0 Å². The van der Waals surface area contributed by atoms with Gasteiger partial charge in [0.1, 0.15) is 12.6 Å². The van der Waals surface area contributed by atoms with Gasteiger partial charge in [-0.15, -0.1) is 0 Å². The number of likely N-dealkylation sites (tertiary alicyclic amines) is 1. The first-order valence-corrected chi connectivity index (χ1v) is 9.09. The molecule has 2 aromatic carbocycles. The van der Waals surface area contributed by atoms with Gasteiger partial charge in [0.05, 0.1) is 6.54 Å². The van der Waals surface area contributed by atoms with E-state index in [0.717, 1.165) is 22.3 Å². The molecule has 1 aliphatic carbocycles. The highest BCUT2D eigenvalue weighted by Gasteiger charge is 2.45. The van der Waals surface area contributed by atoms with E-state index in [1.54, 1.807) is 0 Å². The van der Waals surface area contributed by atoms with Crippen LogP contribution in [-0.2, 0) is 9.53 Å². The quantitative estimate of drug-likeness (QED) is 0.860. The molecule has 1 heterocycles. The minimum Gasteiger partial charge on any atom is -0.480 e. The predicted octanol–water partition coefficient (Wildman–Crippen LogP) is 4.12. The van der Waals surface area contributed by atoms with Crippen molar-refractivity contribution < 1.29 is 28.2 Å². The van der Waals surface area contributed by atoms with E-state index in [0.29, 0.717) is 4.90 Å². The van der Waals surface area contributed by atoms with Crippen LogP contribution in [-0.4, -0.2) is 47.2 Å². The normalized spacial score (nSPS) is 20.4. The van der Waals surface area contributed by atoms with Gasteiger partial charge in [-0.2, -0.15) is 0 Å². The number of carbonyl (C=O) groups excluding carboxylic acids is 1. The number of nitrogens with zero attached hydrogens (tertiary/aromatic N) is 1. The summed E-state index contributed by atoms with van der Waals surface area (Å²) in [5, 5.41) is 9.27. The standard InChI is InChI=1S/C21H19F2NO4/c22-21(23)10-9-18(19(25)26)24(12-21)20(27)28-11-17-15-7-3-1-5-13(15)14-6-2-4-8-16(14)17/h1-8,17-18H,9-12H2,(H,25,26). The predicted molar refractivity (Wildman–Crippen MR) is 97.4 cm³/mol. The van der Waals surface area contributed by atoms with E-state index in [2.05, 4.69) is 0 Å². The molecule has 1 fully saturated rings. The van der Waals surface area contributed by atoms with Crippen molar-refractivity contribution in [3.05, 3.63) is 59.7 Å². The Kier molecular flexibility index (Phi) is 4.53. The molecule has 1 atom stereocenters. The Morgan fingerprint density at radius 2 is 1.64 bits per heavy atom. The monoisotopic (exact) mass is 387 g/mol. The van der Waals surface area contributed by atoms with Crippen molar-refractivity contribution in [3.63, 3.8) is 0 Å². The third-order valence-electron chi connectivity index (χ3n) is 5.42. The minimum atomic E-state index is -3.11. The number of carboxylic acid groups (broad SMARTS) is 1. The molecule has 28 heavy (non-hydrogen) atoms. The van der Waals surface area contributed by atoms with Gasteiger partial charge in [0.25, 0.3) is 5.92 Å². The number of hydrogen-bond donors (Lipinski definition) is 1. The molecule has 1 unspecified atom stereocenters. The van der Waals surface area contributed by atoms with Gasteiger partial charge in [0.2, 0.25) is 0 Å². The first-order valence-electron chi connectivity index (χ1n) is 9.09. The van der Waals surface area contributed by atoms with Crippen molar-refractivity contribution in [3.8, 4) is 11.1 Å². The van der Waals surface area contributed by atoms with Gasteiger partial charge in [-0.3, -0.25) is 4.90 Å². The Labute approximate surface area is 160 Å². The molecule has 5 nitrogen and oxygen atoms in total. The smallest absolute Gasteiger partial charge is 0.410 e. The third-order valence-corrected chi connectivity index (χ3v) is 5.42.